The second kappa shape index (κ2) is 8.22. The predicted molar refractivity (Wildman–Crippen MR) is 93.4 cm³/mol. The Morgan fingerprint density at radius 2 is 1.96 bits per heavy atom. The van der Waals surface area contributed by atoms with E-state index in [4.69, 9.17) is 10.5 Å². The molecule has 0 saturated carbocycles. The Morgan fingerprint density at radius 1 is 1.17 bits per heavy atom. The van der Waals surface area contributed by atoms with E-state index < -0.39 is 0 Å². The van der Waals surface area contributed by atoms with Gasteiger partial charge in [-0.05, 0) is 43.5 Å². The topological polar surface area (TPSA) is 64.3 Å². The van der Waals surface area contributed by atoms with Crippen LogP contribution in [0.5, 0.6) is 5.75 Å². The van der Waals surface area contributed by atoms with Gasteiger partial charge in [-0.3, -0.25) is 4.79 Å². The quantitative estimate of drug-likeness (QED) is 0.772. The van der Waals surface area contributed by atoms with Crippen LogP contribution in [0.4, 0.5) is 5.69 Å². The number of rotatable bonds is 7. The van der Waals surface area contributed by atoms with E-state index in [1.54, 1.807) is 0 Å². The summed E-state index contributed by atoms with van der Waals surface area (Å²) in [4.78, 5) is 12.0. The molecule has 0 fully saturated rings. The number of hydrogen-bond donors (Lipinski definition) is 2. The molecule has 0 heterocycles. The number of nitrogens with two attached hydrogens (primary N) is 1. The van der Waals surface area contributed by atoms with Crippen LogP contribution >= 0.6 is 0 Å². The zero-order valence-electron chi connectivity index (χ0n) is 13.8. The minimum absolute atomic E-state index is 0.0104. The Hall–Kier alpha value is -2.49. The lowest BCUT2D eigenvalue weighted by Gasteiger charge is -2.12. The van der Waals surface area contributed by atoms with Crippen LogP contribution in [0, 0.1) is 6.92 Å². The number of benzene rings is 2. The first-order valence-corrected chi connectivity index (χ1v) is 7.92. The summed E-state index contributed by atoms with van der Waals surface area (Å²) >= 11 is 0. The Morgan fingerprint density at radius 3 is 2.70 bits per heavy atom. The molecule has 1 amide bonds. The molecule has 4 heteroatoms. The van der Waals surface area contributed by atoms with Crippen LogP contribution < -0.4 is 15.8 Å². The molecular formula is C19H24N2O2. The van der Waals surface area contributed by atoms with Crippen molar-refractivity contribution in [1.82, 2.24) is 5.32 Å². The van der Waals surface area contributed by atoms with Crippen molar-refractivity contribution in [2.45, 2.75) is 33.2 Å². The third-order valence-electron chi connectivity index (χ3n) is 3.68. The van der Waals surface area contributed by atoms with Crippen LogP contribution in [0.15, 0.2) is 42.5 Å². The molecule has 0 atom stereocenters. The van der Waals surface area contributed by atoms with E-state index in [9.17, 15) is 4.79 Å². The number of nitrogen functional groups attached to an aromatic ring is 1. The van der Waals surface area contributed by atoms with Gasteiger partial charge in [-0.15, -0.1) is 0 Å². The summed E-state index contributed by atoms with van der Waals surface area (Å²) in [6, 6.07) is 13.7. The molecule has 23 heavy (non-hydrogen) atoms. The maximum atomic E-state index is 12.0. The molecule has 2 aromatic rings. The van der Waals surface area contributed by atoms with E-state index in [0.717, 1.165) is 28.1 Å². The van der Waals surface area contributed by atoms with Gasteiger partial charge in [0, 0.05) is 24.2 Å². The fourth-order valence-corrected chi connectivity index (χ4v) is 2.39. The van der Waals surface area contributed by atoms with Gasteiger partial charge in [0.05, 0.1) is 6.61 Å². The van der Waals surface area contributed by atoms with Gasteiger partial charge in [-0.2, -0.15) is 0 Å². The molecule has 122 valence electrons. The van der Waals surface area contributed by atoms with Crippen molar-refractivity contribution in [3.8, 4) is 5.75 Å². The highest BCUT2D eigenvalue weighted by Gasteiger charge is 2.07. The zero-order valence-corrected chi connectivity index (χ0v) is 13.8. The monoisotopic (exact) mass is 312 g/mol. The van der Waals surface area contributed by atoms with Crippen molar-refractivity contribution in [3.63, 3.8) is 0 Å². The van der Waals surface area contributed by atoms with E-state index in [0.29, 0.717) is 26.0 Å². The van der Waals surface area contributed by atoms with Crippen LogP contribution in [0.3, 0.4) is 0 Å². The average Bonchev–Trinajstić information content (AvgIpc) is 2.53. The minimum Gasteiger partial charge on any atom is -0.494 e. The standard InChI is InChI=1S/C19H24N2O2/c1-3-23-18-12-14(2)8-9-16(18)13-21-19(22)11-10-15-6-4-5-7-17(15)20/h4-9,12H,3,10-11,13,20H2,1-2H3,(H,21,22). The second-order valence-electron chi connectivity index (χ2n) is 5.52. The molecule has 0 aliphatic carbocycles. The van der Waals surface area contributed by atoms with Gasteiger partial charge in [0.15, 0.2) is 0 Å². The van der Waals surface area contributed by atoms with Crippen molar-refractivity contribution < 1.29 is 9.53 Å². The minimum atomic E-state index is 0.0104. The van der Waals surface area contributed by atoms with Crippen molar-refractivity contribution in [3.05, 3.63) is 59.2 Å². The maximum Gasteiger partial charge on any atom is 0.220 e. The molecule has 0 saturated heterocycles. The van der Waals surface area contributed by atoms with Gasteiger partial charge < -0.3 is 15.8 Å². The number of carbonyl (C=O) groups excluding carboxylic acids is 1. The van der Waals surface area contributed by atoms with Crippen LogP contribution in [0.2, 0.25) is 0 Å². The first-order valence-electron chi connectivity index (χ1n) is 7.92. The van der Waals surface area contributed by atoms with Gasteiger partial charge >= 0.3 is 0 Å². The second-order valence-corrected chi connectivity index (χ2v) is 5.52. The molecule has 0 bridgehead atoms. The van der Waals surface area contributed by atoms with Gasteiger partial charge in [0.1, 0.15) is 5.75 Å². The molecular weight excluding hydrogens is 288 g/mol. The number of anilines is 1. The number of carbonyl (C=O) groups is 1. The van der Waals surface area contributed by atoms with E-state index in [2.05, 4.69) is 5.32 Å². The van der Waals surface area contributed by atoms with Crippen LogP contribution in [-0.2, 0) is 17.8 Å². The average molecular weight is 312 g/mol. The van der Waals surface area contributed by atoms with E-state index in [1.165, 1.54) is 0 Å². The van der Waals surface area contributed by atoms with Crippen molar-refractivity contribution in [2.75, 3.05) is 12.3 Å². The number of ether oxygens (including phenoxy) is 1. The number of aryl methyl sites for hydroxylation is 2. The lowest BCUT2D eigenvalue weighted by molar-refractivity contribution is -0.121. The number of hydrogen-bond acceptors (Lipinski definition) is 3. The first kappa shape index (κ1) is 16.9. The molecule has 2 rings (SSSR count). The summed E-state index contributed by atoms with van der Waals surface area (Å²) in [7, 11) is 0. The number of nitrogens with one attached hydrogen (secondary N) is 1. The Bertz CT molecular complexity index is 668. The number of amides is 1. The van der Waals surface area contributed by atoms with Crippen LogP contribution in [-0.4, -0.2) is 12.5 Å². The zero-order chi connectivity index (χ0) is 16.7. The highest BCUT2D eigenvalue weighted by Crippen LogP contribution is 2.20. The van der Waals surface area contributed by atoms with Gasteiger partial charge in [-0.25, -0.2) is 0 Å². The summed E-state index contributed by atoms with van der Waals surface area (Å²) in [5.41, 5.74) is 9.76. The van der Waals surface area contributed by atoms with Crippen LogP contribution in [0.1, 0.15) is 30.0 Å². The summed E-state index contributed by atoms with van der Waals surface area (Å²) in [5.74, 6) is 0.844. The molecule has 2 aromatic carbocycles. The summed E-state index contributed by atoms with van der Waals surface area (Å²) in [6.45, 7) is 5.06. The molecule has 0 radical (unpaired) electrons. The van der Waals surface area contributed by atoms with E-state index in [1.807, 2.05) is 56.3 Å². The Kier molecular flexibility index (Phi) is 6.03. The fourth-order valence-electron chi connectivity index (χ4n) is 2.39. The summed E-state index contributed by atoms with van der Waals surface area (Å²) in [5, 5.41) is 2.95. The molecule has 0 unspecified atom stereocenters. The van der Waals surface area contributed by atoms with Crippen molar-refractivity contribution in [1.29, 1.82) is 0 Å². The largest absolute Gasteiger partial charge is 0.494 e. The van der Waals surface area contributed by atoms with Gasteiger partial charge in [0.2, 0.25) is 5.91 Å². The molecule has 4 nitrogen and oxygen atoms in total. The number of para-hydroxylation sites is 1. The molecule has 3 N–H and O–H groups in total. The lowest BCUT2D eigenvalue weighted by Crippen LogP contribution is -2.23. The molecule has 0 aliphatic heterocycles. The fraction of sp³-hybridized carbons (Fsp3) is 0.316. The SMILES string of the molecule is CCOc1cc(C)ccc1CNC(=O)CCc1ccccc1N. The molecule has 0 aromatic heterocycles. The van der Waals surface area contributed by atoms with Crippen LogP contribution in [0.25, 0.3) is 0 Å². The Labute approximate surface area is 137 Å². The van der Waals surface area contributed by atoms with E-state index in [-0.39, 0.29) is 5.91 Å². The van der Waals surface area contributed by atoms with E-state index >= 15 is 0 Å². The van der Waals surface area contributed by atoms with Crippen molar-refractivity contribution in [2.24, 2.45) is 0 Å². The third kappa shape index (κ3) is 5.02. The van der Waals surface area contributed by atoms with Gasteiger partial charge in [-0.1, -0.05) is 30.3 Å². The summed E-state index contributed by atoms with van der Waals surface area (Å²) in [6.07, 6.45) is 1.06. The molecule has 0 aliphatic rings. The summed E-state index contributed by atoms with van der Waals surface area (Å²) < 4.78 is 5.63. The normalized spacial score (nSPS) is 10.3. The smallest absolute Gasteiger partial charge is 0.220 e. The predicted octanol–water partition coefficient (Wildman–Crippen LogP) is 3.22. The third-order valence-corrected chi connectivity index (χ3v) is 3.68. The lowest BCUT2D eigenvalue weighted by atomic mass is 10.1. The maximum absolute atomic E-state index is 12.0. The highest BCUT2D eigenvalue weighted by atomic mass is 16.5. The Balaban J connectivity index is 1.88. The van der Waals surface area contributed by atoms with Gasteiger partial charge in [0.25, 0.3) is 0 Å². The van der Waals surface area contributed by atoms with Crippen molar-refractivity contribution >= 4 is 11.6 Å². The highest BCUT2D eigenvalue weighted by molar-refractivity contribution is 5.76. The first-order chi connectivity index (χ1) is 11.1. The molecule has 0 spiro atoms.